The van der Waals surface area contributed by atoms with Crippen LogP contribution in [0.4, 0.5) is 0 Å². The first kappa shape index (κ1) is 13.4. The molecule has 3 aromatic rings. The summed E-state index contributed by atoms with van der Waals surface area (Å²) in [6.07, 6.45) is 4.16. The van der Waals surface area contributed by atoms with E-state index in [1.807, 2.05) is 66.7 Å². The number of rotatable bonds is 1. The van der Waals surface area contributed by atoms with Gasteiger partial charge in [0.05, 0.1) is 0 Å². The summed E-state index contributed by atoms with van der Waals surface area (Å²) in [5.41, 5.74) is 2.12. The van der Waals surface area contributed by atoms with Gasteiger partial charge in [0, 0.05) is 0 Å². The molecule has 0 aliphatic carbocycles. The van der Waals surface area contributed by atoms with Crippen molar-refractivity contribution in [3.8, 4) is 0 Å². The molecule has 2 heteroatoms. The summed E-state index contributed by atoms with van der Waals surface area (Å²) in [7, 11) is 0. The van der Waals surface area contributed by atoms with Crippen molar-refractivity contribution in [1.82, 2.24) is 0 Å². The zero-order valence-corrected chi connectivity index (χ0v) is 13.9. The molecule has 22 heavy (non-hydrogen) atoms. The van der Waals surface area contributed by atoms with Crippen LogP contribution >= 0.6 is 0 Å². The predicted molar refractivity (Wildman–Crippen MR) is 93.6 cm³/mol. The Morgan fingerprint density at radius 2 is 1.00 bits per heavy atom. The Labute approximate surface area is 132 Å². The SMILES string of the molecule is O=[As]1(c2ccccc2)c2ccccc2C=Cc2ccccc21. The third-order valence-electron chi connectivity index (χ3n) is 4.11. The van der Waals surface area contributed by atoms with Crippen LogP contribution in [0.25, 0.3) is 12.2 Å². The molecule has 1 nitrogen and oxygen atoms in total. The maximum atomic E-state index is 14.3. The average Bonchev–Trinajstić information content (AvgIpc) is 2.73. The Morgan fingerprint density at radius 3 is 1.55 bits per heavy atom. The summed E-state index contributed by atoms with van der Waals surface area (Å²) < 4.78 is 17.2. The zero-order valence-electron chi connectivity index (χ0n) is 12.0. The normalized spacial score (nSPS) is 14.7. The summed E-state index contributed by atoms with van der Waals surface area (Å²) in [6.45, 7) is 0. The Bertz CT molecular complexity index is 856. The molecule has 0 spiro atoms. The molecule has 1 aliphatic heterocycles. The first-order valence-electron chi connectivity index (χ1n) is 7.33. The van der Waals surface area contributed by atoms with Gasteiger partial charge in [-0.15, -0.1) is 0 Å². The molecule has 1 aliphatic rings. The van der Waals surface area contributed by atoms with Crippen LogP contribution in [-0.4, -0.2) is 13.5 Å². The maximum absolute atomic E-state index is 14.3. The first-order valence-corrected chi connectivity index (χ1v) is 10.9. The molecule has 0 bridgehead atoms. The van der Waals surface area contributed by atoms with E-state index in [2.05, 4.69) is 24.3 Å². The molecule has 4 rings (SSSR count). The number of hydrogen-bond acceptors (Lipinski definition) is 1. The Kier molecular flexibility index (Phi) is 3.17. The summed E-state index contributed by atoms with van der Waals surface area (Å²) in [5.74, 6) is 0. The van der Waals surface area contributed by atoms with Crippen molar-refractivity contribution < 1.29 is 3.74 Å². The molecule has 1 heterocycles. The fourth-order valence-electron chi connectivity index (χ4n) is 3.06. The van der Waals surface area contributed by atoms with Gasteiger partial charge in [-0.25, -0.2) is 0 Å². The summed E-state index contributed by atoms with van der Waals surface area (Å²) in [6, 6.07) is 26.0. The van der Waals surface area contributed by atoms with Gasteiger partial charge in [0.2, 0.25) is 0 Å². The second-order valence-corrected chi connectivity index (χ2v) is 11.1. The topological polar surface area (TPSA) is 17.1 Å². The van der Waals surface area contributed by atoms with Crippen molar-refractivity contribution in [2.24, 2.45) is 0 Å². The van der Waals surface area contributed by atoms with E-state index in [1.165, 1.54) is 0 Å². The van der Waals surface area contributed by atoms with Gasteiger partial charge in [0.25, 0.3) is 0 Å². The van der Waals surface area contributed by atoms with Gasteiger partial charge >= 0.3 is 132 Å². The average molecular weight is 346 g/mol. The second-order valence-electron chi connectivity index (χ2n) is 5.40. The van der Waals surface area contributed by atoms with Crippen molar-refractivity contribution >= 4 is 38.7 Å². The van der Waals surface area contributed by atoms with Gasteiger partial charge in [0.1, 0.15) is 0 Å². The second kappa shape index (κ2) is 5.19. The summed E-state index contributed by atoms with van der Waals surface area (Å²) in [5, 5.41) is 0. The van der Waals surface area contributed by atoms with Crippen molar-refractivity contribution in [2.45, 2.75) is 0 Å². The van der Waals surface area contributed by atoms with Crippen molar-refractivity contribution in [3.05, 3.63) is 90.0 Å². The van der Waals surface area contributed by atoms with Crippen LogP contribution in [0.15, 0.2) is 78.9 Å². The first-order chi connectivity index (χ1) is 10.8. The van der Waals surface area contributed by atoms with Crippen LogP contribution in [0, 0.1) is 0 Å². The molecule has 3 aromatic carbocycles. The van der Waals surface area contributed by atoms with Crippen LogP contribution in [0.5, 0.6) is 0 Å². The molecule has 0 saturated heterocycles. The van der Waals surface area contributed by atoms with Gasteiger partial charge in [-0.05, 0) is 0 Å². The Hall–Kier alpha value is -2.24. The van der Waals surface area contributed by atoms with Gasteiger partial charge in [-0.2, -0.15) is 0 Å². The number of hydrogen-bond donors (Lipinski definition) is 0. The van der Waals surface area contributed by atoms with Gasteiger partial charge in [-0.1, -0.05) is 0 Å². The third-order valence-corrected chi connectivity index (χ3v) is 10.8. The van der Waals surface area contributed by atoms with E-state index in [9.17, 15) is 3.74 Å². The van der Waals surface area contributed by atoms with Crippen LogP contribution in [0.3, 0.4) is 0 Å². The quantitative estimate of drug-likeness (QED) is 0.484. The molecule has 0 N–H and O–H groups in total. The van der Waals surface area contributed by atoms with E-state index in [4.69, 9.17) is 0 Å². The Morgan fingerprint density at radius 1 is 0.545 bits per heavy atom. The fourth-order valence-corrected chi connectivity index (χ4v) is 9.40. The van der Waals surface area contributed by atoms with Crippen molar-refractivity contribution in [2.75, 3.05) is 0 Å². The van der Waals surface area contributed by atoms with Crippen LogP contribution < -0.4 is 13.1 Å². The fraction of sp³-hybridized carbons (Fsp3) is 0. The summed E-state index contributed by atoms with van der Waals surface area (Å²) in [4.78, 5) is 0. The van der Waals surface area contributed by atoms with E-state index < -0.39 is 13.5 Å². The molecule has 0 radical (unpaired) electrons. The molecular formula is C20H15AsO. The molecule has 0 atom stereocenters. The van der Waals surface area contributed by atoms with E-state index >= 15 is 0 Å². The van der Waals surface area contributed by atoms with Crippen LogP contribution in [-0.2, 0) is 3.74 Å². The van der Waals surface area contributed by atoms with E-state index in [-0.39, 0.29) is 0 Å². The molecule has 0 saturated carbocycles. The van der Waals surface area contributed by atoms with E-state index in [1.54, 1.807) is 0 Å². The molecule has 0 amide bonds. The number of fused-ring (bicyclic) bond motifs is 2. The molecule has 106 valence electrons. The van der Waals surface area contributed by atoms with E-state index in [0.29, 0.717) is 0 Å². The third kappa shape index (κ3) is 1.94. The van der Waals surface area contributed by atoms with Gasteiger partial charge < -0.3 is 0 Å². The molecule has 0 unspecified atom stereocenters. The van der Waals surface area contributed by atoms with Crippen LogP contribution in [0.1, 0.15) is 11.1 Å². The monoisotopic (exact) mass is 346 g/mol. The summed E-state index contributed by atoms with van der Waals surface area (Å²) >= 11 is -3.65. The van der Waals surface area contributed by atoms with E-state index in [0.717, 1.165) is 24.2 Å². The minimum absolute atomic E-state index is 0.948. The Balaban J connectivity index is 2.13. The van der Waals surface area contributed by atoms with Gasteiger partial charge in [-0.3, -0.25) is 0 Å². The predicted octanol–water partition coefficient (Wildman–Crippen LogP) is 2.57. The van der Waals surface area contributed by atoms with Crippen LogP contribution in [0.2, 0.25) is 0 Å². The zero-order chi connectivity index (χ0) is 15.0. The standard InChI is InChI=1S/C20H15AsO/c22-21(18-10-2-1-3-11-18)19-12-6-4-8-16(19)14-15-17-9-5-7-13-20(17)21/h1-15H. The molecule has 0 fully saturated rings. The molecule has 0 aromatic heterocycles. The van der Waals surface area contributed by atoms with Crippen molar-refractivity contribution in [1.29, 1.82) is 0 Å². The van der Waals surface area contributed by atoms with Crippen molar-refractivity contribution in [3.63, 3.8) is 0 Å². The number of benzene rings is 3. The molecular weight excluding hydrogens is 331 g/mol. The minimum atomic E-state index is -3.65. The van der Waals surface area contributed by atoms with Gasteiger partial charge in [0.15, 0.2) is 0 Å².